The fourth-order valence-electron chi connectivity index (χ4n) is 4.72. The maximum Gasteiger partial charge on any atom is 0.450 e. The monoisotopic (exact) mass is 507 g/mol. The van der Waals surface area contributed by atoms with Gasteiger partial charge in [-0.25, -0.2) is 9.78 Å². The average molecular weight is 508 g/mol. The summed E-state index contributed by atoms with van der Waals surface area (Å²) in [5.41, 5.74) is 3.20. The Labute approximate surface area is 213 Å². The summed E-state index contributed by atoms with van der Waals surface area (Å²) in [4.78, 5) is 18.5. The molecule has 1 aliphatic rings. The predicted molar refractivity (Wildman–Crippen MR) is 139 cm³/mol. The van der Waals surface area contributed by atoms with Crippen LogP contribution >= 0.6 is 0 Å². The van der Waals surface area contributed by atoms with Crippen LogP contribution in [0.5, 0.6) is 0 Å². The molecule has 2 N–H and O–H groups in total. The first-order chi connectivity index (χ1) is 17.9. The molecule has 0 bridgehead atoms. The first-order valence-electron chi connectivity index (χ1n) is 12.4. The number of imidazole rings is 1. The third kappa shape index (κ3) is 5.77. The predicted octanol–water partition coefficient (Wildman–Crippen LogP) is 6.32. The van der Waals surface area contributed by atoms with Crippen LogP contribution in [0.4, 0.5) is 23.7 Å². The van der Waals surface area contributed by atoms with Gasteiger partial charge in [0.2, 0.25) is 5.82 Å². The number of para-hydroxylation sites is 1. The van der Waals surface area contributed by atoms with E-state index in [4.69, 9.17) is 0 Å². The molecule has 6 nitrogen and oxygen atoms in total. The molecule has 1 aromatic heterocycles. The topological polar surface area (TPSA) is 62.2 Å². The zero-order chi connectivity index (χ0) is 25.8. The molecule has 37 heavy (non-hydrogen) atoms. The standard InChI is InChI=1S/C28H28F3N5O/c29-28(30,31)26-34-24-19-21(11-14-25(24)36(26)23-7-2-1-3-8-23)20-9-12-22(13-10-20)33-27(37)32-15-6-18-35-16-4-5-17-35/h1-3,7-14,19H,4-6,15-18H2,(H2,32,33,37). The van der Waals surface area contributed by atoms with Crippen molar-refractivity contribution in [3.8, 4) is 16.8 Å². The summed E-state index contributed by atoms with van der Waals surface area (Å²) in [6, 6.07) is 20.4. The van der Waals surface area contributed by atoms with Crippen molar-refractivity contribution in [1.29, 1.82) is 0 Å². The first-order valence-corrected chi connectivity index (χ1v) is 12.4. The molecule has 0 aliphatic carbocycles. The van der Waals surface area contributed by atoms with Crippen molar-refractivity contribution in [3.63, 3.8) is 0 Å². The Morgan fingerprint density at radius 2 is 1.62 bits per heavy atom. The number of benzene rings is 3. The molecule has 0 atom stereocenters. The molecule has 0 spiro atoms. The maximum atomic E-state index is 13.8. The number of nitrogens with zero attached hydrogens (tertiary/aromatic N) is 3. The number of rotatable bonds is 7. The molecule has 1 saturated heterocycles. The van der Waals surface area contributed by atoms with Crippen LogP contribution < -0.4 is 10.6 Å². The lowest BCUT2D eigenvalue weighted by Crippen LogP contribution is -2.31. The molecule has 2 heterocycles. The molecule has 2 amide bonds. The molecule has 192 valence electrons. The van der Waals surface area contributed by atoms with Gasteiger partial charge in [-0.05, 0) is 86.4 Å². The largest absolute Gasteiger partial charge is 0.450 e. The van der Waals surface area contributed by atoms with Crippen molar-refractivity contribution in [2.45, 2.75) is 25.4 Å². The van der Waals surface area contributed by atoms with Gasteiger partial charge < -0.3 is 15.5 Å². The summed E-state index contributed by atoms with van der Waals surface area (Å²) in [6.07, 6.45) is -1.19. The molecule has 1 aliphatic heterocycles. The first kappa shape index (κ1) is 24.8. The second-order valence-corrected chi connectivity index (χ2v) is 9.17. The van der Waals surface area contributed by atoms with Crippen LogP contribution in [0.3, 0.4) is 0 Å². The summed E-state index contributed by atoms with van der Waals surface area (Å²) in [5, 5.41) is 5.70. The highest BCUT2D eigenvalue weighted by Crippen LogP contribution is 2.35. The van der Waals surface area contributed by atoms with Gasteiger partial charge in [-0.3, -0.25) is 4.57 Å². The average Bonchev–Trinajstić information content (AvgIpc) is 3.55. The molecular formula is C28H28F3N5O. The Morgan fingerprint density at radius 3 is 2.32 bits per heavy atom. The number of carbonyl (C=O) groups is 1. The van der Waals surface area contributed by atoms with Crippen LogP contribution in [-0.2, 0) is 6.18 Å². The minimum absolute atomic E-state index is 0.254. The number of alkyl halides is 3. The van der Waals surface area contributed by atoms with Crippen LogP contribution in [0, 0.1) is 0 Å². The number of halogens is 3. The van der Waals surface area contributed by atoms with Gasteiger partial charge in [-0.2, -0.15) is 13.2 Å². The Hall–Kier alpha value is -3.85. The highest BCUT2D eigenvalue weighted by Gasteiger charge is 2.38. The van der Waals surface area contributed by atoms with Gasteiger partial charge in [-0.15, -0.1) is 0 Å². The molecule has 4 aromatic rings. The highest BCUT2D eigenvalue weighted by molar-refractivity contribution is 5.90. The Balaban J connectivity index is 1.28. The van der Waals surface area contributed by atoms with Crippen molar-refractivity contribution in [2.75, 3.05) is 31.5 Å². The number of carbonyl (C=O) groups excluding carboxylic acids is 1. The molecule has 0 saturated carbocycles. The fraction of sp³-hybridized carbons (Fsp3) is 0.286. The lowest BCUT2D eigenvalue weighted by Gasteiger charge is -2.14. The summed E-state index contributed by atoms with van der Waals surface area (Å²) < 4.78 is 42.5. The molecule has 0 unspecified atom stereocenters. The third-order valence-electron chi connectivity index (χ3n) is 6.53. The molecule has 5 rings (SSSR count). The van der Waals surface area contributed by atoms with Gasteiger partial charge >= 0.3 is 12.2 Å². The second-order valence-electron chi connectivity index (χ2n) is 9.17. The number of hydrogen-bond acceptors (Lipinski definition) is 3. The van der Waals surface area contributed by atoms with Gasteiger partial charge in [0.15, 0.2) is 0 Å². The van der Waals surface area contributed by atoms with Gasteiger partial charge in [0.1, 0.15) is 0 Å². The Morgan fingerprint density at radius 1 is 0.919 bits per heavy atom. The summed E-state index contributed by atoms with van der Waals surface area (Å²) in [5.74, 6) is -0.961. The number of urea groups is 1. The zero-order valence-electron chi connectivity index (χ0n) is 20.3. The maximum absolute atomic E-state index is 13.8. The van der Waals surface area contributed by atoms with E-state index in [-0.39, 0.29) is 11.5 Å². The van der Waals surface area contributed by atoms with E-state index in [1.165, 1.54) is 12.8 Å². The van der Waals surface area contributed by atoms with Gasteiger partial charge in [0, 0.05) is 17.9 Å². The normalized spacial score (nSPS) is 14.2. The molecule has 1 fully saturated rings. The fourth-order valence-corrected chi connectivity index (χ4v) is 4.72. The highest BCUT2D eigenvalue weighted by atomic mass is 19.4. The minimum atomic E-state index is -4.60. The van der Waals surface area contributed by atoms with Gasteiger partial charge in [0.25, 0.3) is 0 Å². The van der Waals surface area contributed by atoms with Gasteiger partial charge in [-0.1, -0.05) is 36.4 Å². The number of fused-ring (bicyclic) bond motifs is 1. The molecular weight excluding hydrogens is 479 g/mol. The number of aromatic nitrogens is 2. The van der Waals surface area contributed by atoms with E-state index >= 15 is 0 Å². The van der Waals surface area contributed by atoms with Crippen molar-refractivity contribution >= 4 is 22.8 Å². The van der Waals surface area contributed by atoms with Crippen LogP contribution in [0.2, 0.25) is 0 Å². The van der Waals surface area contributed by atoms with Crippen LogP contribution in [0.1, 0.15) is 25.1 Å². The zero-order valence-corrected chi connectivity index (χ0v) is 20.3. The van der Waals surface area contributed by atoms with Gasteiger partial charge in [0.05, 0.1) is 11.0 Å². The van der Waals surface area contributed by atoms with E-state index in [2.05, 4.69) is 20.5 Å². The second kappa shape index (κ2) is 10.6. The minimum Gasteiger partial charge on any atom is -0.338 e. The quantitative estimate of drug-likeness (QED) is 0.288. The van der Waals surface area contributed by atoms with E-state index in [9.17, 15) is 18.0 Å². The van der Waals surface area contributed by atoms with E-state index < -0.39 is 12.0 Å². The Bertz CT molecular complexity index is 1360. The summed E-state index contributed by atoms with van der Waals surface area (Å²) in [6.45, 7) is 3.89. The number of amides is 2. The van der Waals surface area contributed by atoms with E-state index in [1.54, 1.807) is 60.7 Å². The Kier molecular flexibility index (Phi) is 7.14. The third-order valence-corrected chi connectivity index (χ3v) is 6.53. The van der Waals surface area contributed by atoms with E-state index in [0.717, 1.165) is 41.7 Å². The molecule has 0 radical (unpaired) electrons. The lowest BCUT2D eigenvalue weighted by molar-refractivity contribution is -0.145. The smallest absolute Gasteiger partial charge is 0.338 e. The molecule has 3 aromatic carbocycles. The van der Waals surface area contributed by atoms with E-state index in [0.29, 0.717) is 23.4 Å². The van der Waals surface area contributed by atoms with Crippen LogP contribution in [0.15, 0.2) is 72.8 Å². The van der Waals surface area contributed by atoms with Crippen LogP contribution in [0.25, 0.3) is 27.8 Å². The summed E-state index contributed by atoms with van der Waals surface area (Å²) in [7, 11) is 0. The van der Waals surface area contributed by atoms with E-state index in [1.807, 2.05) is 12.1 Å². The SMILES string of the molecule is O=C(NCCCN1CCCC1)Nc1ccc(-c2ccc3c(c2)nc(C(F)(F)F)n3-c2ccccc2)cc1. The van der Waals surface area contributed by atoms with Crippen LogP contribution in [-0.4, -0.2) is 46.7 Å². The number of likely N-dealkylation sites (tertiary alicyclic amines) is 1. The van der Waals surface area contributed by atoms with Crippen molar-refractivity contribution < 1.29 is 18.0 Å². The van der Waals surface area contributed by atoms with Crippen molar-refractivity contribution in [2.24, 2.45) is 0 Å². The number of anilines is 1. The lowest BCUT2D eigenvalue weighted by atomic mass is 10.0. The van der Waals surface area contributed by atoms with Crippen molar-refractivity contribution in [3.05, 3.63) is 78.6 Å². The number of nitrogens with one attached hydrogen (secondary N) is 2. The summed E-state index contributed by atoms with van der Waals surface area (Å²) >= 11 is 0. The molecule has 9 heteroatoms. The number of hydrogen-bond donors (Lipinski definition) is 2. The van der Waals surface area contributed by atoms with Crippen molar-refractivity contribution in [1.82, 2.24) is 19.8 Å².